The van der Waals surface area contributed by atoms with Crippen molar-refractivity contribution in [3.63, 3.8) is 0 Å². The summed E-state index contributed by atoms with van der Waals surface area (Å²) < 4.78 is 10.6. The first-order chi connectivity index (χ1) is 19.3. The molecule has 0 saturated carbocycles. The Kier molecular flexibility index (Phi) is 8.32. The quantitative estimate of drug-likeness (QED) is 0.173. The molecule has 0 amide bonds. The van der Waals surface area contributed by atoms with Crippen LogP contribution >= 0.6 is 46.4 Å². The number of aromatic nitrogens is 6. The summed E-state index contributed by atoms with van der Waals surface area (Å²) in [6.45, 7) is 0. The van der Waals surface area contributed by atoms with Crippen LogP contribution in [0.4, 0.5) is 34.6 Å². The van der Waals surface area contributed by atoms with Gasteiger partial charge in [-0.15, -0.1) is 0 Å². The van der Waals surface area contributed by atoms with Crippen molar-refractivity contribution in [3.05, 3.63) is 93.9 Å². The van der Waals surface area contributed by atoms with Gasteiger partial charge in [0.15, 0.2) is 0 Å². The number of methoxy groups -OCH3 is 2. The smallest absolute Gasteiger partial charge is 0.240 e. The van der Waals surface area contributed by atoms with E-state index < -0.39 is 0 Å². The van der Waals surface area contributed by atoms with Crippen molar-refractivity contribution in [3.8, 4) is 11.5 Å². The number of benzene rings is 3. The van der Waals surface area contributed by atoms with Crippen molar-refractivity contribution in [2.45, 2.75) is 0 Å². The molecular weight excluding hydrogens is 598 g/mol. The van der Waals surface area contributed by atoms with E-state index in [9.17, 15) is 0 Å². The van der Waals surface area contributed by atoms with Crippen LogP contribution in [-0.4, -0.2) is 44.1 Å². The topological polar surface area (TPSA) is 102 Å². The maximum atomic E-state index is 6.15. The van der Waals surface area contributed by atoms with Gasteiger partial charge in [0.2, 0.25) is 33.0 Å². The molecule has 2 aromatic heterocycles. The highest BCUT2D eigenvalue weighted by atomic mass is 35.5. The minimum absolute atomic E-state index is 0.0565. The molecule has 0 bridgehead atoms. The minimum Gasteiger partial charge on any atom is -0.497 e. The van der Waals surface area contributed by atoms with E-state index in [4.69, 9.17) is 55.9 Å². The minimum atomic E-state index is -0.0565. The van der Waals surface area contributed by atoms with Gasteiger partial charge < -0.3 is 9.47 Å². The van der Waals surface area contributed by atoms with Crippen LogP contribution in [0.1, 0.15) is 0 Å². The first-order valence-electron chi connectivity index (χ1n) is 11.5. The lowest BCUT2D eigenvalue weighted by Gasteiger charge is -2.27. The zero-order valence-corrected chi connectivity index (χ0v) is 23.9. The molecule has 0 aliphatic heterocycles. The predicted molar refractivity (Wildman–Crippen MR) is 156 cm³/mol. The number of nitrogens with zero attached hydrogens (tertiary/aromatic N) is 8. The lowest BCUT2D eigenvalue weighted by atomic mass is 10.2. The molecule has 40 heavy (non-hydrogen) atoms. The van der Waals surface area contributed by atoms with Crippen molar-refractivity contribution in [2.75, 3.05) is 24.0 Å². The summed E-state index contributed by atoms with van der Waals surface area (Å²) in [6.07, 6.45) is 0. The molecule has 14 heteroatoms. The van der Waals surface area contributed by atoms with E-state index in [0.29, 0.717) is 34.2 Å². The Morgan fingerprint density at radius 3 is 1.15 bits per heavy atom. The zero-order valence-electron chi connectivity index (χ0n) is 20.8. The molecule has 0 radical (unpaired) electrons. The van der Waals surface area contributed by atoms with Crippen molar-refractivity contribution >= 4 is 81.0 Å². The van der Waals surface area contributed by atoms with Crippen LogP contribution in [0.25, 0.3) is 0 Å². The highest BCUT2D eigenvalue weighted by Crippen LogP contribution is 2.39. The molecule has 0 N–H and O–H groups in total. The SMILES string of the molecule is COc1ccc(N(c2cccc(N(c3ccc(OC)cc3)c3nc(Cl)nc(Cl)n3)c2)c2nc(Cl)nc(Cl)n2)cc1. The first-order valence-corrected chi connectivity index (χ1v) is 13.0. The van der Waals surface area contributed by atoms with Gasteiger partial charge in [-0.2, -0.15) is 29.9 Å². The summed E-state index contributed by atoms with van der Waals surface area (Å²) in [7, 11) is 3.18. The van der Waals surface area contributed by atoms with Crippen molar-refractivity contribution in [1.29, 1.82) is 0 Å². The van der Waals surface area contributed by atoms with Crippen LogP contribution in [-0.2, 0) is 0 Å². The van der Waals surface area contributed by atoms with E-state index in [2.05, 4.69) is 29.9 Å². The van der Waals surface area contributed by atoms with Gasteiger partial charge in [0.1, 0.15) is 11.5 Å². The monoisotopic (exact) mass is 614 g/mol. The Morgan fingerprint density at radius 2 is 0.825 bits per heavy atom. The molecule has 0 spiro atoms. The van der Waals surface area contributed by atoms with Crippen LogP contribution < -0.4 is 19.3 Å². The largest absolute Gasteiger partial charge is 0.497 e. The second kappa shape index (κ2) is 12.1. The van der Waals surface area contributed by atoms with Crippen molar-refractivity contribution in [1.82, 2.24) is 29.9 Å². The molecule has 0 aliphatic rings. The molecule has 3 aromatic carbocycles. The van der Waals surface area contributed by atoms with Crippen LogP contribution in [0.5, 0.6) is 11.5 Å². The summed E-state index contributed by atoms with van der Waals surface area (Å²) >= 11 is 24.6. The van der Waals surface area contributed by atoms with Crippen LogP contribution in [0, 0.1) is 0 Å². The van der Waals surface area contributed by atoms with Gasteiger partial charge in [-0.3, -0.25) is 9.80 Å². The number of anilines is 6. The maximum absolute atomic E-state index is 6.15. The molecular formula is C26H18Cl4N8O2. The number of hydrogen-bond acceptors (Lipinski definition) is 10. The Labute approximate surface area is 249 Å². The average Bonchev–Trinajstić information content (AvgIpc) is 2.93. The fraction of sp³-hybridized carbons (Fsp3) is 0.0769. The van der Waals surface area contributed by atoms with Crippen LogP contribution in [0.3, 0.4) is 0 Å². The average molecular weight is 616 g/mol. The molecule has 0 aliphatic carbocycles. The Balaban J connectivity index is 1.69. The number of halogens is 4. The number of rotatable bonds is 8. The van der Waals surface area contributed by atoms with Gasteiger partial charge in [0.25, 0.3) is 0 Å². The number of hydrogen-bond donors (Lipinski definition) is 0. The third-order valence-electron chi connectivity index (χ3n) is 5.55. The van der Waals surface area contributed by atoms with Gasteiger partial charge in [0.05, 0.1) is 25.6 Å². The molecule has 202 valence electrons. The molecule has 2 heterocycles. The standard InChI is InChI=1S/C26H18Cl4N8O2/c1-39-19-10-6-15(7-11-19)37(25-33-21(27)31-22(28)34-25)17-4-3-5-18(14-17)38(16-8-12-20(40-2)13-9-16)26-35-23(29)32-24(30)36-26/h3-14H,1-2H3. The van der Waals surface area contributed by atoms with Gasteiger partial charge in [-0.25, -0.2) is 0 Å². The van der Waals surface area contributed by atoms with Crippen molar-refractivity contribution in [2.24, 2.45) is 0 Å². The highest BCUT2D eigenvalue weighted by molar-refractivity contribution is 6.31. The second-order valence-electron chi connectivity index (χ2n) is 7.93. The Bertz CT molecular complexity index is 1480. The molecule has 0 saturated heterocycles. The predicted octanol–water partition coefficient (Wildman–Crippen LogP) is 7.63. The maximum Gasteiger partial charge on any atom is 0.240 e. The zero-order chi connectivity index (χ0) is 28.2. The Morgan fingerprint density at radius 1 is 0.475 bits per heavy atom. The van der Waals surface area contributed by atoms with E-state index >= 15 is 0 Å². The summed E-state index contributed by atoms with van der Waals surface area (Å²) in [6, 6.07) is 22.1. The molecule has 10 nitrogen and oxygen atoms in total. The summed E-state index contributed by atoms with van der Waals surface area (Å²) in [5.74, 6) is 1.76. The van der Waals surface area contributed by atoms with E-state index in [1.165, 1.54) is 0 Å². The molecule has 5 aromatic rings. The van der Waals surface area contributed by atoms with Crippen LogP contribution in [0.2, 0.25) is 21.1 Å². The molecule has 0 fully saturated rings. The van der Waals surface area contributed by atoms with Crippen molar-refractivity contribution < 1.29 is 9.47 Å². The number of ether oxygens (including phenoxy) is 2. The van der Waals surface area contributed by atoms with Gasteiger partial charge >= 0.3 is 0 Å². The second-order valence-corrected chi connectivity index (χ2v) is 9.29. The fourth-order valence-corrected chi connectivity index (χ4v) is 4.54. The van der Waals surface area contributed by atoms with Gasteiger partial charge in [-0.05, 0) is 113 Å². The first kappa shape index (κ1) is 27.6. The lowest BCUT2D eigenvalue weighted by molar-refractivity contribution is 0.414. The highest BCUT2D eigenvalue weighted by Gasteiger charge is 2.22. The van der Waals surface area contributed by atoms with E-state index in [1.54, 1.807) is 24.0 Å². The molecule has 5 rings (SSSR count). The van der Waals surface area contributed by atoms with Gasteiger partial charge in [-0.1, -0.05) is 6.07 Å². The van der Waals surface area contributed by atoms with Gasteiger partial charge in [0, 0.05) is 11.4 Å². The van der Waals surface area contributed by atoms with E-state index in [1.807, 2.05) is 72.8 Å². The third kappa shape index (κ3) is 6.10. The summed E-state index contributed by atoms with van der Waals surface area (Å²) in [5, 5.41) is -0.226. The van der Waals surface area contributed by atoms with E-state index in [0.717, 1.165) is 0 Å². The third-order valence-corrected chi connectivity index (χ3v) is 6.22. The normalized spacial score (nSPS) is 10.8. The van der Waals surface area contributed by atoms with Crippen LogP contribution in [0.15, 0.2) is 72.8 Å². The molecule has 0 atom stereocenters. The van der Waals surface area contributed by atoms with E-state index in [-0.39, 0.29) is 33.0 Å². The molecule has 0 unspecified atom stereocenters. The summed E-state index contributed by atoms with van der Waals surface area (Å²) in [5.41, 5.74) is 2.73. The summed E-state index contributed by atoms with van der Waals surface area (Å²) in [4.78, 5) is 28.6. The lowest BCUT2D eigenvalue weighted by Crippen LogP contribution is -2.17. The fourth-order valence-electron chi connectivity index (χ4n) is 3.83. The Hall–Kier alpha value is -3.96.